The van der Waals surface area contributed by atoms with Crippen LogP contribution in [-0.2, 0) is 0 Å². The van der Waals surface area contributed by atoms with Crippen molar-refractivity contribution in [1.82, 2.24) is 5.32 Å². The van der Waals surface area contributed by atoms with E-state index in [1.54, 1.807) is 0 Å². The largest absolute Gasteiger partial charge is 0.365 e. The van der Waals surface area contributed by atoms with E-state index in [0.717, 1.165) is 12.5 Å². The first-order chi connectivity index (χ1) is 9.19. The molecule has 1 saturated heterocycles. The second kappa shape index (κ2) is 5.16. The summed E-state index contributed by atoms with van der Waals surface area (Å²) in [6.07, 6.45) is 4.07. The van der Waals surface area contributed by atoms with Gasteiger partial charge in [-0.2, -0.15) is 0 Å². The SMILES string of the molecule is CCC1CNC(C2CC2)CN1c1ccc(C)cc1C. The van der Waals surface area contributed by atoms with E-state index in [1.807, 2.05) is 0 Å². The van der Waals surface area contributed by atoms with Crippen molar-refractivity contribution in [3.8, 4) is 0 Å². The number of nitrogens with zero attached hydrogens (tertiary/aromatic N) is 1. The van der Waals surface area contributed by atoms with Crippen LogP contribution in [0.15, 0.2) is 18.2 Å². The number of nitrogens with one attached hydrogen (secondary N) is 1. The summed E-state index contributed by atoms with van der Waals surface area (Å²) in [5.74, 6) is 0.936. The predicted molar refractivity (Wildman–Crippen MR) is 81.9 cm³/mol. The maximum absolute atomic E-state index is 3.77. The molecule has 2 heteroatoms. The van der Waals surface area contributed by atoms with Crippen LogP contribution in [0.4, 0.5) is 5.69 Å². The van der Waals surface area contributed by atoms with Crippen LogP contribution in [0.2, 0.25) is 0 Å². The summed E-state index contributed by atoms with van der Waals surface area (Å²) in [6.45, 7) is 9.07. The van der Waals surface area contributed by atoms with E-state index in [2.05, 4.69) is 49.2 Å². The topological polar surface area (TPSA) is 15.3 Å². The van der Waals surface area contributed by atoms with Crippen LogP contribution in [0.3, 0.4) is 0 Å². The van der Waals surface area contributed by atoms with Gasteiger partial charge in [-0.1, -0.05) is 24.6 Å². The molecule has 1 aliphatic carbocycles. The molecular formula is C17H26N2. The number of rotatable bonds is 3. The van der Waals surface area contributed by atoms with Crippen molar-refractivity contribution in [2.24, 2.45) is 5.92 Å². The molecule has 0 spiro atoms. The zero-order valence-corrected chi connectivity index (χ0v) is 12.4. The molecule has 2 nitrogen and oxygen atoms in total. The van der Waals surface area contributed by atoms with Crippen LogP contribution in [0.25, 0.3) is 0 Å². The fourth-order valence-electron chi connectivity index (χ4n) is 3.42. The monoisotopic (exact) mass is 258 g/mol. The molecule has 0 radical (unpaired) electrons. The summed E-state index contributed by atoms with van der Waals surface area (Å²) in [6, 6.07) is 8.25. The first kappa shape index (κ1) is 13.0. The van der Waals surface area contributed by atoms with Gasteiger partial charge in [0.25, 0.3) is 0 Å². The van der Waals surface area contributed by atoms with Gasteiger partial charge in [0, 0.05) is 30.9 Å². The molecule has 2 fully saturated rings. The Balaban J connectivity index is 1.85. The van der Waals surface area contributed by atoms with Crippen LogP contribution in [-0.4, -0.2) is 25.2 Å². The molecule has 1 aromatic rings. The van der Waals surface area contributed by atoms with E-state index < -0.39 is 0 Å². The molecule has 0 aromatic heterocycles. The molecule has 1 heterocycles. The second-order valence-corrected chi connectivity index (χ2v) is 6.36. The molecule has 2 unspecified atom stereocenters. The van der Waals surface area contributed by atoms with Gasteiger partial charge in [-0.25, -0.2) is 0 Å². The van der Waals surface area contributed by atoms with Crippen molar-refractivity contribution in [3.05, 3.63) is 29.3 Å². The Bertz CT molecular complexity index is 451. The third-order valence-corrected chi connectivity index (χ3v) is 4.77. The number of hydrogen-bond acceptors (Lipinski definition) is 2. The van der Waals surface area contributed by atoms with E-state index in [-0.39, 0.29) is 0 Å². The normalized spacial score (nSPS) is 27.6. The summed E-state index contributed by atoms with van der Waals surface area (Å²) in [7, 11) is 0. The highest BCUT2D eigenvalue weighted by molar-refractivity contribution is 5.56. The smallest absolute Gasteiger partial charge is 0.0412 e. The summed E-state index contributed by atoms with van der Waals surface area (Å²) >= 11 is 0. The molecule has 1 aliphatic heterocycles. The fraction of sp³-hybridized carbons (Fsp3) is 0.647. The molecule has 1 N–H and O–H groups in total. The van der Waals surface area contributed by atoms with Gasteiger partial charge in [0.1, 0.15) is 0 Å². The minimum atomic E-state index is 0.649. The van der Waals surface area contributed by atoms with Gasteiger partial charge in [-0.05, 0) is 50.7 Å². The third kappa shape index (κ3) is 2.64. The number of aryl methyl sites for hydroxylation is 2. The Morgan fingerprint density at radius 1 is 1.26 bits per heavy atom. The molecular weight excluding hydrogens is 232 g/mol. The average molecular weight is 258 g/mol. The first-order valence-corrected chi connectivity index (χ1v) is 7.76. The number of anilines is 1. The van der Waals surface area contributed by atoms with E-state index in [0.29, 0.717) is 12.1 Å². The van der Waals surface area contributed by atoms with Crippen molar-refractivity contribution in [2.75, 3.05) is 18.0 Å². The number of benzene rings is 1. The number of piperazine rings is 1. The quantitative estimate of drug-likeness (QED) is 0.895. The molecule has 0 bridgehead atoms. The van der Waals surface area contributed by atoms with E-state index in [1.165, 1.54) is 42.6 Å². The zero-order chi connectivity index (χ0) is 13.4. The third-order valence-electron chi connectivity index (χ3n) is 4.77. The van der Waals surface area contributed by atoms with Crippen molar-refractivity contribution in [1.29, 1.82) is 0 Å². The molecule has 2 aliphatic rings. The van der Waals surface area contributed by atoms with Crippen molar-refractivity contribution < 1.29 is 0 Å². The predicted octanol–water partition coefficient (Wildman–Crippen LogP) is 3.27. The van der Waals surface area contributed by atoms with Gasteiger partial charge in [-0.15, -0.1) is 0 Å². The molecule has 0 amide bonds. The number of hydrogen-bond donors (Lipinski definition) is 1. The van der Waals surface area contributed by atoms with Crippen LogP contribution >= 0.6 is 0 Å². The van der Waals surface area contributed by atoms with Crippen molar-refractivity contribution in [2.45, 2.75) is 52.1 Å². The Labute approximate surface area is 117 Å². The Kier molecular flexibility index (Phi) is 3.53. The summed E-state index contributed by atoms with van der Waals surface area (Å²) < 4.78 is 0. The van der Waals surface area contributed by atoms with E-state index in [4.69, 9.17) is 0 Å². The van der Waals surface area contributed by atoms with Gasteiger partial charge in [0.05, 0.1) is 0 Å². The molecule has 104 valence electrons. The van der Waals surface area contributed by atoms with E-state index >= 15 is 0 Å². The average Bonchev–Trinajstić information content (AvgIpc) is 3.22. The van der Waals surface area contributed by atoms with Gasteiger partial charge in [0.15, 0.2) is 0 Å². The lowest BCUT2D eigenvalue weighted by atomic mass is 10.0. The highest BCUT2D eigenvalue weighted by Crippen LogP contribution is 2.36. The van der Waals surface area contributed by atoms with Gasteiger partial charge < -0.3 is 10.2 Å². The standard InChI is InChI=1S/C17H26N2/c1-4-15-10-18-16(14-6-7-14)11-19(15)17-8-5-12(2)9-13(17)3/h5,8-9,14-16,18H,4,6-7,10-11H2,1-3H3. The van der Waals surface area contributed by atoms with E-state index in [9.17, 15) is 0 Å². The van der Waals surface area contributed by atoms with Crippen molar-refractivity contribution in [3.63, 3.8) is 0 Å². The minimum absolute atomic E-state index is 0.649. The summed E-state index contributed by atoms with van der Waals surface area (Å²) in [4.78, 5) is 2.66. The molecule has 2 atom stereocenters. The van der Waals surface area contributed by atoms with Crippen LogP contribution in [0.1, 0.15) is 37.3 Å². The van der Waals surface area contributed by atoms with Gasteiger partial charge in [-0.3, -0.25) is 0 Å². The highest BCUT2D eigenvalue weighted by atomic mass is 15.2. The summed E-state index contributed by atoms with van der Waals surface area (Å²) in [5, 5.41) is 3.77. The Morgan fingerprint density at radius 2 is 2.05 bits per heavy atom. The van der Waals surface area contributed by atoms with Gasteiger partial charge >= 0.3 is 0 Å². The molecule has 19 heavy (non-hydrogen) atoms. The fourth-order valence-corrected chi connectivity index (χ4v) is 3.42. The van der Waals surface area contributed by atoms with Crippen LogP contribution in [0.5, 0.6) is 0 Å². The minimum Gasteiger partial charge on any atom is -0.365 e. The lowest BCUT2D eigenvalue weighted by molar-refractivity contribution is 0.359. The lowest BCUT2D eigenvalue weighted by Crippen LogP contribution is -2.57. The molecule has 3 rings (SSSR count). The van der Waals surface area contributed by atoms with Crippen LogP contribution in [0, 0.1) is 19.8 Å². The molecule has 1 saturated carbocycles. The van der Waals surface area contributed by atoms with Gasteiger partial charge in [0.2, 0.25) is 0 Å². The first-order valence-electron chi connectivity index (χ1n) is 7.76. The Hall–Kier alpha value is -1.02. The Morgan fingerprint density at radius 3 is 2.68 bits per heavy atom. The maximum Gasteiger partial charge on any atom is 0.0412 e. The maximum atomic E-state index is 3.77. The van der Waals surface area contributed by atoms with Crippen molar-refractivity contribution >= 4 is 5.69 Å². The zero-order valence-electron chi connectivity index (χ0n) is 12.4. The highest BCUT2D eigenvalue weighted by Gasteiger charge is 2.37. The van der Waals surface area contributed by atoms with Crippen LogP contribution < -0.4 is 10.2 Å². The molecule has 1 aromatic carbocycles. The lowest BCUT2D eigenvalue weighted by Gasteiger charge is -2.42. The summed E-state index contributed by atoms with van der Waals surface area (Å²) in [5.41, 5.74) is 4.24. The second-order valence-electron chi connectivity index (χ2n) is 6.36.